The van der Waals surface area contributed by atoms with E-state index in [9.17, 15) is 18.0 Å². The molecule has 0 heterocycles. The topological polar surface area (TPSA) is 41.1 Å². The van der Waals surface area contributed by atoms with Crippen LogP contribution in [0.5, 0.6) is 0 Å². The second kappa shape index (κ2) is 7.67. The number of anilines is 1. The van der Waals surface area contributed by atoms with Crippen LogP contribution >= 0.6 is 0 Å². The Hall–Kier alpha value is -2.50. The minimum atomic E-state index is -4.39. The van der Waals surface area contributed by atoms with Crippen LogP contribution < -0.4 is 10.6 Å². The Morgan fingerprint density at radius 1 is 1.00 bits per heavy atom. The molecule has 0 spiro atoms. The molecule has 0 aliphatic heterocycles. The van der Waals surface area contributed by atoms with Gasteiger partial charge in [-0.3, -0.25) is 4.79 Å². The Labute approximate surface area is 132 Å². The van der Waals surface area contributed by atoms with Crippen molar-refractivity contribution in [3.63, 3.8) is 0 Å². The number of carbonyl (C=O) groups is 1. The van der Waals surface area contributed by atoms with Gasteiger partial charge in [0.05, 0.1) is 12.1 Å². The summed E-state index contributed by atoms with van der Waals surface area (Å²) in [4.78, 5) is 11.7. The quantitative estimate of drug-likeness (QED) is 0.855. The first-order valence-corrected chi connectivity index (χ1v) is 7.17. The average Bonchev–Trinajstić information content (AvgIpc) is 2.53. The van der Waals surface area contributed by atoms with Gasteiger partial charge in [0.15, 0.2) is 0 Å². The number of rotatable bonds is 6. The summed E-state index contributed by atoms with van der Waals surface area (Å²) in [5.74, 6) is -0.265. The Morgan fingerprint density at radius 2 is 1.74 bits per heavy atom. The molecule has 0 bridgehead atoms. The zero-order valence-corrected chi connectivity index (χ0v) is 12.4. The van der Waals surface area contributed by atoms with E-state index in [0.29, 0.717) is 13.0 Å². The smallest absolute Gasteiger partial charge is 0.376 e. The highest BCUT2D eigenvalue weighted by Crippen LogP contribution is 2.30. The lowest BCUT2D eigenvalue weighted by Gasteiger charge is -2.11. The fourth-order valence-electron chi connectivity index (χ4n) is 2.04. The van der Waals surface area contributed by atoms with Crippen LogP contribution in [0.15, 0.2) is 54.6 Å². The fourth-order valence-corrected chi connectivity index (χ4v) is 2.04. The number of nitrogens with one attached hydrogen (secondary N) is 2. The molecule has 1 amide bonds. The zero-order chi connectivity index (χ0) is 16.7. The first-order valence-electron chi connectivity index (χ1n) is 7.17. The highest BCUT2D eigenvalue weighted by molar-refractivity contribution is 5.80. The molecule has 0 atom stereocenters. The van der Waals surface area contributed by atoms with E-state index >= 15 is 0 Å². The standard InChI is InChI=1S/C17H17F3N2O/c18-17(19,20)14-7-4-8-15(11-14)22-12-16(23)21-10-9-13-5-2-1-3-6-13/h1-8,11,22H,9-10,12H2,(H,21,23). The normalized spacial score (nSPS) is 11.1. The Balaban J connectivity index is 1.76. The van der Waals surface area contributed by atoms with Crippen molar-refractivity contribution in [3.8, 4) is 0 Å². The number of amides is 1. The number of hydrogen-bond acceptors (Lipinski definition) is 2. The van der Waals surface area contributed by atoms with Gasteiger partial charge in [0, 0.05) is 12.2 Å². The van der Waals surface area contributed by atoms with E-state index in [4.69, 9.17) is 0 Å². The third-order valence-corrected chi connectivity index (χ3v) is 3.22. The van der Waals surface area contributed by atoms with Crippen molar-refractivity contribution in [2.75, 3.05) is 18.4 Å². The van der Waals surface area contributed by atoms with Crippen LogP contribution in [0.2, 0.25) is 0 Å². The summed E-state index contributed by atoms with van der Waals surface area (Å²) in [5, 5.41) is 5.42. The summed E-state index contributed by atoms with van der Waals surface area (Å²) < 4.78 is 37.8. The summed E-state index contributed by atoms with van der Waals surface area (Å²) in [6.45, 7) is 0.406. The van der Waals surface area contributed by atoms with Crippen LogP contribution in [-0.4, -0.2) is 19.0 Å². The first-order chi connectivity index (χ1) is 10.9. The number of alkyl halides is 3. The fraction of sp³-hybridized carbons (Fsp3) is 0.235. The van der Waals surface area contributed by atoms with Gasteiger partial charge in [-0.25, -0.2) is 0 Å². The number of benzene rings is 2. The van der Waals surface area contributed by atoms with Crippen molar-refractivity contribution in [2.45, 2.75) is 12.6 Å². The zero-order valence-electron chi connectivity index (χ0n) is 12.4. The van der Waals surface area contributed by atoms with Crippen LogP contribution in [0.1, 0.15) is 11.1 Å². The first kappa shape index (κ1) is 16.9. The summed E-state index contributed by atoms with van der Waals surface area (Å²) in [7, 11) is 0. The van der Waals surface area contributed by atoms with Crippen LogP contribution in [-0.2, 0) is 17.4 Å². The van der Waals surface area contributed by atoms with Crippen molar-refractivity contribution in [3.05, 3.63) is 65.7 Å². The molecule has 3 nitrogen and oxygen atoms in total. The van der Waals surface area contributed by atoms with Gasteiger partial charge >= 0.3 is 6.18 Å². The van der Waals surface area contributed by atoms with Crippen LogP contribution in [0.3, 0.4) is 0 Å². The molecular formula is C17H17F3N2O. The van der Waals surface area contributed by atoms with Gasteiger partial charge in [-0.1, -0.05) is 36.4 Å². The largest absolute Gasteiger partial charge is 0.416 e. The molecule has 2 N–H and O–H groups in total. The summed E-state index contributed by atoms with van der Waals surface area (Å²) in [5.41, 5.74) is 0.628. The molecule has 0 radical (unpaired) electrons. The van der Waals surface area contributed by atoms with Crippen molar-refractivity contribution in [1.29, 1.82) is 0 Å². The molecule has 0 fully saturated rings. The van der Waals surface area contributed by atoms with Gasteiger partial charge in [-0.15, -0.1) is 0 Å². The SMILES string of the molecule is O=C(CNc1cccc(C(F)(F)F)c1)NCCc1ccccc1. The third-order valence-electron chi connectivity index (χ3n) is 3.22. The Morgan fingerprint density at radius 3 is 2.43 bits per heavy atom. The van der Waals surface area contributed by atoms with E-state index in [1.165, 1.54) is 12.1 Å². The maximum absolute atomic E-state index is 12.6. The third kappa shape index (κ3) is 5.65. The Bertz CT molecular complexity index is 642. The van der Waals surface area contributed by atoms with E-state index in [1.54, 1.807) is 0 Å². The van der Waals surface area contributed by atoms with Crippen molar-refractivity contribution < 1.29 is 18.0 Å². The molecule has 0 aliphatic rings. The summed E-state index contributed by atoms with van der Waals surface area (Å²) in [6.07, 6.45) is -3.69. The van der Waals surface area contributed by atoms with Crippen molar-refractivity contribution in [1.82, 2.24) is 5.32 Å². The molecule has 0 saturated carbocycles. The maximum atomic E-state index is 12.6. The number of hydrogen-bond donors (Lipinski definition) is 2. The average molecular weight is 322 g/mol. The minimum Gasteiger partial charge on any atom is -0.376 e. The molecule has 6 heteroatoms. The predicted octanol–water partition coefficient (Wildman–Crippen LogP) is 3.48. The molecule has 0 unspecified atom stereocenters. The highest BCUT2D eigenvalue weighted by Gasteiger charge is 2.30. The van der Waals surface area contributed by atoms with Gasteiger partial charge < -0.3 is 10.6 Å². The molecule has 0 aromatic heterocycles. The maximum Gasteiger partial charge on any atom is 0.416 e. The number of halogens is 3. The van der Waals surface area contributed by atoms with Crippen LogP contribution in [0.4, 0.5) is 18.9 Å². The molecule has 23 heavy (non-hydrogen) atoms. The predicted molar refractivity (Wildman–Crippen MR) is 83.1 cm³/mol. The van der Waals surface area contributed by atoms with Gasteiger partial charge in [0.2, 0.25) is 5.91 Å². The van der Waals surface area contributed by atoms with Crippen molar-refractivity contribution >= 4 is 11.6 Å². The van der Waals surface area contributed by atoms with E-state index in [-0.39, 0.29) is 18.1 Å². The van der Waals surface area contributed by atoms with Crippen molar-refractivity contribution in [2.24, 2.45) is 0 Å². The molecular weight excluding hydrogens is 305 g/mol. The highest BCUT2D eigenvalue weighted by atomic mass is 19.4. The molecule has 0 aliphatic carbocycles. The van der Waals surface area contributed by atoms with Crippen LogP contribution in [0.25, 0.3) is 0 Å². The molecule has 122 valence electrons. The van der Waals surface area contributed by atoms with E-state index < -0.39 is 11.7 Å². The lowest BCUT2D eigenvalue weighted by molar-refractivity contribution is -0.137. The van der Waals surface area contributed by atoms with Gasteiger partial charge in [0.25, 0.3) is 0 Å². The van der Waals surface area contributed by atoms with E-state index in [2.05, 4.69) is 10.6 Å². The van der Waals surface area contributed by atoms with Gasteiger partial charge in [-0.05, 0) is 30.2 Å². The summed E-state index contributed by atoms with van der Waals surface area (Å²) in [6, 6.07) is 14.5. The van der Waals surface area contributed by atoms with Gasteiger partial charge in [-0.2, -0.15) is 13.2 Å². The Kier molecular flexibility index (Phi) is 5.62. The second-order valence-electron chi connectivity index (χ2n) is 5.02. The second-order valence-corrected chi connectivity index (χ2v) is 5.02. The van der Waals surface area contributed by atoms with E-state index in [1.807, 2.05) is 30.3 Å². The molecule has 2 aromatic carbocycles. The summed E-state index contributed by atoms with van der Waals surface area (Å²) >= 11 is 0. The van der Waals surface area contributed by atoms with Crippen LogP contribution in [0, 0.1) is 0 Å². The molecule has 2 aromatic rings. The number of carbonyl (C=O) groups excluding carboxylic acids is 1. The van der Waals surface area contributed by atoms with E-state index in [0.717, 1.165) is 17.7 Å². The lowest BCUT2D eigenvalue weighted by Crippen LogP contribution is -2.31. The van der Waals surface area contributed by atoms with Gasteiger partial charge in [0.1, 0.15) is 0 Å². The molecule has 0 saturated heterocycles. The minimum absolute atomic E-state index is 0.0733. The monoisotopic (exact) mass is 322 g/mol. The molecule has 2 rings (SSSR count). The lowest BCUT2D eigenvalue weighted by atomic mass is 10.1.